The van der Waals surface area contributed by atoms with Gasteiger partial charge in [-0.25, -0.2) is 9.13 Å². The number of phosphoric acid groups is 2. The van der Waals surface area contributed by atoms with Crippen LogP contribution in [0.25, 0.3) is 0 Å². The average molecular weight is 1520 g/mol. The van der Waals surface area contributed by atoms with E-state index < -0.39 is 97.5 Å². The third-order valence-electron chi connectivity index (χ3n) is 20.0. The zero-order valence-electron chi connectivity index (χ0n) is 68.2. The molecule has 618 valence electrons. The van der Waals surface area contributed by atoms with Crippen molar-refractivity contribution in [1.82, 2.24) is 0 Å². The van der Waals surface area contributed by atoms with E-state index in [1.54, 1.807) is 0 Å². The van der Waals surface area contributed by atoms with Crippen LogP contribution in [0, 0.1) is 5.92 Å². The number of unbranched alkanes of at least 4 members (excludes halogenated alkanes) is 57. The molecule has 0 aromatic rings. The number of esters is 4. The van der Waals surface area contributed by atoms with Crippen LogP contribution in [0.3, 0.4) is 0 Å². The maximum absolute atomic E-state index is 13.1. The molecule has 0 rings (SSSR count). The Morgan fingerprint density at radius 1 is 0.260 bits per heavy atom. The van der Waals surface area contributed by atoms with Gasteiger partial charge in [-0.15, -0.1) is 0 Å². The molecule has 19 heteroatoms. The van der Waals surface area contributed by atoms with Crippen LogP contribution in [0.2, 0.25) is 0 Å². The largest absolute Gasteiger partial charge is 0.472 e. The Morgan fingerprint density at radius 3 is 0.654 bits per heavy atom. The van der Waals surface area contributed by atoms with Gasteiger partial charge in [0.2, 0.25) is 0 Å². The lowest BCUT2D eigenvalue weighted by atomic mass is 10.0. The summed E-state index contributed by atoms with van der Waals surface area (Å²) in [4.78, 5) is 73.2. The fourth-order valence-corrected chi connectivity index (χ4v) is 14.9. The third kappa shape index (κ3) is 78.2. The highest BCUT2D eigenvalue weighted by Gasteiger charge is 2.30. The number of phosphoric ester groups is 2. The standard InChI is InChI=1S/C85H166O17P2/c1-6-9-12-15-18-21-24-26-28-30-32-36-40-44-49-54-59-64-69-83(88)96-75-81(102-85(90)71-66-61-56-51-46-42-38-34-33-35-39-43-47-52-57-62-67-78(4)5)77-100-104(93,94)98-73-79(86)72-97-103(91,92)99-76-80(74-95-82(87)68-63-58-53-48-23-20-17-14-11-8-3)101-84(89)70-65-60-55-50-45-41-37-31-29-27-25-22-19-16-13-10-7-2/h78-81,86H,6-77H2,1-5H3,(H,91,92)(H,93,94)/t79-,80+,81+/m0/s1. The molecule has 0 aliphatic carbocycles. The van der Waals surface area contributed by atoms with E-state index >= 15 is 0 Å². The molecule has 104 heavy (non-hydrogen) atoms. The minimum atomic E-state index is -4.96. The van der Waals surface area contributed by atoms with Crippen LogP contribution in [0.1, 0.15) is 458 Å². The quantitative estimate of drug-likeness (QED) is 0.0222. The topological polar surface area (TPSA) is 237 Å². The molecule has 5 atom stereocenters. The summed E-state index contributed by atoms with van der Waals surface area (Å²) in [6.45, 7) is 7.39. The minimum absolute atomic E-state index is 0.109. The van der Waals surface area contributed by atoms with E-state index in [1.807, 2.05) is 0 Å². The number of aliphatic hydroxyl groups is 1. The van der Waals surface area contributed by atoms with Crippen molar-refractivity contribution in [3.63, 3.8) is 0 Å². The summed E-state index contributed by atoms with van der Waals surface area (Å²) in [5.74, 6) is -1.29. The van der Waals surface area contributed by atoms with Gasteiger partial charge in [-0.2, -0.15) is 0 Å². The van der Waals surface area contributed by atoms with Gasteiger partial charge < -0.3 is 33.8 Å². The second-order valence-electron chi connectivity index (χ2n) is 31.1. The van der Waals surface area contributed by atoms with Crippen LogP contribution in [0.15, 0.2) is 0 Å². The Balaban J connectivity index is 5.23. The van der Waals surface area contributed by atoms with Gasteiger partial charge in [-0.05, 0) is 31.6 Å². The van der Waals surface area contributed by atoms with E-state index in [2.05, 4.69) is 34.6 Å². The number of rotatable bonds is 85. The summed E-state index contributed by atoms with van der Waals surface area (Å²) in [6.07, 6.45) is 70.7. The van der Waals surface area contributed by atoms with Crippen molar-refractivity contribution < 1.29 is 80.2 Å². The molecule has 0 spiro atoms. The van der Waals surface area contributed by atoms with Crippen LogP contribution >= 0.6 is 15.6 Å². The van der Waals surface area contributed by atoms with Crippen LogP contribution in [-0.2, 0) is 65.4 Å². The molecule has 0 saturated carbocycles. The predicted molar refractivity (Wildman–Crippen MR) is 428 cm³/mol. The summed E-state index contributed by atoms with van der Waals surface area (Å²) >= 11 is 0. The molecule has 0 aliphatic heterocycles. The summed E-state index contributed by atoms with van der Waals surface area (Å²) in [6, 6.07) is 0. The molecule has 0 heterocycles. The van der Waals surface area contributed by atoms with E-state index in [9.17, 15) is 43.2 Å². The van der Waals surface area contributed by atoms with E-state index in [1.165, 1.54) is 283 Å². The second kappa shape index (κ2) is 77.8. The van der Waals surface area contributed by atoms with Gasteiger partial charge >= 0.3 is 39.5 Å². The molecule has 0 aromatic carbocycles. The Hall–Kier alpha value is -1.94. The van der Waals surface area contributed by atoms with Gasteiger partial charge in [0.05, 0.1) is 26.4 Å². The smallest absolute Gasteiger partial charge is 0.462 e. The number of carbonyl (C=O) groups is 4. The van der Waals surface area contributed by atoms with Gasteiger partial charge in [0.15, 0.2) is 12.2 Å². The molecule has 2 unspecified atom stereocenters. The monoisotopic (exact) mass is 1520 g/mol. The lowest BCUT2D eigenvalue weighted by molar-refractivity contribution is -0.161. The van der Waals surface area contributed by atoms with Crippen molar-refractivity contribution in [1.29, 1.82) is 0 Å². The molecule has 0 amide bonds. The maximum Gasteiger partial charge on any atom is 0.472 e. The van der Waals surface area contributed by atoms with Crippen LogP contribution < -0.4 is 0 Å². The molecular formula is C85H166O17P2. The van der Waals surface area contributed by atoms with E-state index in [-0.39, 0.29) is 25.7 Å². The lowest BCUT2D eigenvalue weighted by Gasteiger charge is -2.21. The lowest BCUT2D eigenvalue weighted by Crippen LogP contribution is -2.30. The molecule has 0 fully saturated rings. The van der Waals surface area contributed by atoms with Crippen molar-refractivity contribution in [3.8, 4) is 0 Å². The van der Waals surface area contributed by atoms with Crippen molar-refractivity contribution >= 4 is 39.5 Å². The van der Waals surface area contributed by atoms with Crippen molar-refractivity contribution in [3.05, 3.63) is 0 Å². The molecule has 0 bridgehead atoms. The molecule has 0 radical (unpaired) electrons. The van der Waals surface area contributed by atoms with E-state index in [0.717, 1.165) is 95.8 Å². The van der Waals surface area contributed by atoms with Crippen molar-refractivity contribution in [2.75, 3.05) is 39.6 Å². The first-order valence-electron chi connectivity index (χ1n) is 44.1. The summed E-state index contributed by atoms with van der Waals surface area (Å²) in [7, 11) is -9.92. The SMILES string of the molecule is CCCCCCCCCCCCCCCCCCCCC(=O)OC[C@H](COP(=O)(O)OC[C@@H](O)COP(=O)(O)OC[C@@H](COC(=O)CCCCCCCCCCCC)OC(=O)CCCCCCCCCCCCCCCCCCC)OC(=O)CCCCCCCCCCCCCCCCCCC(C)C. The number of aliphatic hydroxyl groups excluding tert-OH is 1. The van der Waals surface area contributed by atoms with E-state index in [4.69, 9.17) is 37.0 Å². The van der Waals surface area contributed by atoms with Crippen molar-refractivity contribution in [2.24, 2.45) is 5.92 Å². The third-order valence-corrected chi connectivity index (χ3v) is 21.9. The number of ether oxygens (including phenoxy) is 4. The van der Waals surface area contributed by atoms with Crippen LogP contribution in [0.5, 0.6) is 0 Å². The molecule has 0 aromatic heterocycles. The highest BCUT2D eigenvalue weighted by molar-refractivity contribution is 7.47. The summed E-state index contributed by atoms with van der Waals surface area (Å²) < 4.78 is 68.9. The predicted octanol–water partition coefficient (Wildman–Crippen LogP) is 26.0. The summed E-state index contributed by atoms with van der Waals surface area (Å²) in [5, 5.41) is 10.7. The Morgan fingerprint density at radius 2 is 0.442 bits per heavy atom. The molecule has 0 saturated heterocycles. The zero-order chi connectivity index (χ0) is 76.2. The minimum Gasteiger partial charge on any atom is -0.462 e. The number of hydrogen-bond acceptors (Lipinski definition) is 15. The van der Waals surface area contributed by atoms with Crippen molar-refractivity contribution in [2.45, 2.75) is 477 Å². The number of carbonyl (C=O) groups excluding carboxylic acids is 4. The number of hydrogen-bond donors (Lipinski definition) is 3. The van der Waals surface area contributed by atoms with E-state index in [0.29, 0.717) is 25.7 Å². The first kappa shape index (κ1) is 102. The molecule has 0 aliphatic rings. The second-order valence-corrected chi connectivity index (χ2v) is 34.0. The maximum atomic E-state index is 13.1. The first-order chi connectivity index (χ1) is 50.5. The summed E-state index contributed by atoms with van der Waals surface area (Å²) in [5.41, 5.74) is 0. The van der Waals surface area contributed by atoms with Crippen LogP contribution in [0.4, 0.5) is 0 Å². The van der Waals surface area contributed by atoms with Gasteiger partial charge in [-0.1, -0.05) is 407 Å². The zero-order valence-corrected chi connectivity index (χ0v) is 70.0. The molecular weight excluding hydrogens is 1350 g/mol. The van der Waals surface area contributed by atoms with Gasteiger partial charge in [0, 0.05) is 25.7 Å². The Bertz CT molecular complexity index is 1980. The average Bonchev–Trinajstić information content (AvgIpc) is 0.904. The first-order valence-corrected chi connectivity index (χ1v) is 47.1. The highest BCUT2D eigenvalue weighted by Crippen LogP contribution is 2.45. The van der Waals surface area contributed by atoms with Gasteiger partial charge in [0.1, 0.15) is 19.3 Å². The molecule has 17 nitrogen and oxygen atoms in total. The highest BCUT2D eigenvalue weighted by atomic mass is 31.2. The van der Waals surface area contributed by atoms with Gasteiger partial charge in [-0.3, -0.25) is 37.3 Å². The van der Waals surface area contributed by atoms with Crippen LogP contribution in [-0.4, -0.2) is 96.7 Å². The Labute approximate surface area is 638 Å². The Kier molecular flexibility index (Phi) is 76.3. The fourth-order valence-electron chi connectivity index (χ4n) is 13.3. The van der Waals surface area contributed by atoms with Gasteiger partial charge in [0.25, 0.3) is 0 Å². The molecule has 3 N–H and O–H groups in total. The normalized spacial score (nSPS) is 13.8. The fraction of sp³-hybridized carbons (Fsp3) is 0.953.